The number of hydrogen-bond acceptors (Lipinski definition) is 4. The van der Waals surface area contributed by atoms with Crippen molar-refractivity contribution in [3.63, 3.8) is 0 Å². The molecular formula is C27H17ClFN3O. The summed E-state index contributed by atoms with van der Waals surface area (Å²) in [5.74, 6) is -1.59. The summed E-state index contributed by atoms with van der Waals surface area (Å²) in [5, 5.41) is 21.2. The summed E-state index contributed by atoms with van der Waals surface area (Å²) in [6, 6.07) is 22.8. The topological polar surface area (TPSA) is 67.9 Å². The summed E-state index contributed by atoms with van der Waals surface area (Å²) >= 11 is 6.56. The average Bonchev–Trinajstić information content (AvgIpc) is 3.15. The largest absolute Gasteiger partial charge is 0.351 e. The predicted molar refractivity (Wildman–Crippen MR) is 124 cm³/mol. The Bertz CT molecular complexity index is 1360. The third-order valence-corrected chi connectivity index (χ3v) is 6.90. The summed E-state index contributed by atoms with van der Waals surface area (Å²) in [7, 11) is 0. The molecule has 5 rings (SSSR count). The Balaban J connectivity index is 1.80. The van der Waals surface area contributed by atoms with E-state index in [-0.39, 0.29) is 5.78 Å². The molecule has 3 atom stereocenters. The molecule has 2 heterocycles. The lowest BCUT2D eigenvalue weighted by atomic mass is 9.69. The van der Waals surface area contributed by atoms with Gasteiger partial charge in [-0.2, -0.15) is 10.5 Å². The van der Waals surface area contributed by atoms with Crippen LogP contribution in [0.4, 0.5) is 10.1 Å². The maximum Gasteiger partial charge on any atom is 0.185 e. The van der Waals surface area contributed by atoms with Gasteiger partial charge in [0.25, 0.3) is 0 Å². The van der Waals surface area contributed by atoms with Crippen LogP contribution in [0.15, 0.2) is 78.9 Å². The third-order valence-electron chi connectivity index (χ3n) is 6.55. The second kappa shape index (κ2) is 7.89. The molecule has 3 aromatic carbocycles. The van der Waals surface area contributed by atoms with Gasteiger partial charge >= 0.3 is 0 Å². The molecule has 160 valence electrons. The molecule has 2 aliphatic heterocycles. The Kier molecular flexibility index (Phi) is 5.01. The molecular weight excluding hydrogens is 437 g/mol. The van der Waals surface area contributed by atoms with Gasteiger partial charge in [0.05, 0.1) is 18.2 Å². The van der Waals surface area contributed by atoms with Crippen LogP contribution >= 0.6 is 11.6 Å². The van der Waals surface area contributed by atoms with E-state index in [4.69, 9.17) is 11.6 Å². The van der Waals surface area contributed by atoms with Gasteiger partial charge in [-0.1, -0.05) is 60.2 Å². The van der Waals surface area contributed by atoms with Crippen molar-refractivity contribution in [3.8, 4) is 12.1 Å². The van der Waals surface area contributed by atoms with Crippen LogP contribution in [0.3, 0.4) is 0 Å². The Morgan fingerprint density at radius 3 is 2.33 bits per heavy atom. The minimum atomic E-state index is -1.57. The van der Waals surface area contributed by atoms with Gasteiger partial charge in [-0.25, -0.2) is 4.39 Å². The number of carbonyl (C=O) groups is 1. The molecule has 0 aromatic heterocycles. The van der Waals surface area contributed by atoms with Gasteiger partial charge in [-0.05, 0) is 47.5 Å². The first-order valence-electron chi connectivity index (χ1n) is 10.4. The van der Waals surface area contributed by atoms with E-state index in [0.29, 0.717) is 16.1 Å². The Morgan fingerprint density at radius 1 is 0.970 bits per heavy atom. The number of fused-ring (bicyclic) bond motifs is 3. The highest BCUT2D eigenvalue weighted by molar-refractivity contribution is 6.31. The molecule has 0 spiro atoms. The molecule has 0 bridgehead atoms. The fourth-order valence-corrected chi connectivity index (χ4v) is 5.34. The summed E-state index contributed by atoms with van der Waals surface area (Å²) < 4.78 is 13.6. The maximum atomic E-state index is 14.0. The van der Waals surface area contributed by atoms with Crippen molar-refractivity contribution in [1.82, 2.24) is 0 Å². The molecule has 0 saturated carbocycles. The van der Waals surface area contributed by atoms with Crippen LogP contribution in [-0.2, 0) is 0 Å². The number of nitriles is 2. The van der Waals surface area contributed by atoms with Crippen molar-refractivity contribution in [2.45, 2.75) is 18.0 Å². The highest BCUT2D eigenvalue weighted by atomic mass is 35.5. The number of Topliss-reactive ketones (excluding diaryl/α,β-unsaturated/α-hetero) is 1. The molecule has 6 heteroatoms. The van der Waals surface area contributed by atoms with Crippen molar-refractivity contribution in [2.75, 3.05) is 4.90 Å². The number of halogens is 2. The monoisotopic (exact) mass is 453 g/mol. The van der Waals surface area contributed by atoms with Gasteiger partial charge < -0.3 is 4.90 Å². The van der Waals surface area contributed by atoms with E-state index in [1.165, 1.54) is 24.3 Å². The van der Waals surface area contributed by atoms with E-state index >= 15 is 0 Å². The van der Waals surface area contributed by atoms with Crippen LogP contribution < -0.4 is 4.90 Å². The maximum absolute atomic E-state index is 14.0. The van der Waals surface area contributed by atoms with E-state index in [2.05, 4.69) is 12.1 Å². The number of hydrogen-bond donors (Lipinski definition) is 0. The van der Waals surface area contributed by atoms with Gasteiger partial charge in [0.2, 0.25) is 0 Å². The highest BCUT2D eigenvalue weighted by Crippen LogP contribution is 2.56. The average molecular weight is 454 g/mol. The fraction of sp³-hybridized carbons (Fsp3) is 0.148. The summed E-state index contributed by atoms with van der Waals surface area (Å²) in [6.07, 6.45) is 3.70. The molecule has 0 unspecified atom stereocenters. The molecule has 1 saturated heterocycles. The van der Waals surface area contributed by atoms with Crippen LogP contribution in [0, 0.1) is 33.9 Å². The number of nitrogens with zero attached hydrogens (tertiary/aromatic N) is 3. The van der Waals surface area contributed by atoms with Gasteiger partial charge in [0.15, 0.2) is 11.2 Å². The van der Waals surface area contributed by atoms with Gasteiger partial charge in [-0.3, -0.25) is 4.79 Å². The first-order valence-corrected chi connectivity index (χ1v) is 10.8. The zero-order chi connectivity index (χ0) is 23.2. The Labute approximate surface area is 195 Å². The molecule has 1 fully saturated rings. The molecule has 3 aromatic rings. The Morgan fingerprint density at radius 2 is 1.64 bits per heavy atom. The van der Waals surface area contributed by atoms with Crippen molar-refractivity contribution < 1.29 is 9.18 Å². The highest BCUT2D eigenvalue weighted by Gasteiger charge is 2.63. The van der Waals surface area contributed by atoms with E-state index < -0.39 is 29.2 Å². The molecule has 0 N–H and O–H groups in total. The first kappa shape index (κ1) is 20.9. The molecule has 4 nitrogen and oxygen atoms in total. The lowest BCUT2D eigenvalue weighted by Gasteiger charge is -2.35. The zero-order valence-electron chi connectivity index (χ0n) is 17.3. The molecule has 2 aliphatic rings. The number of carbonyl (C=O) groups excluding carboxylic acids is 1. The summed E-state index contributed by atoms with van der Waals surface area (Å²) in [5.41, 5.74) is 0.930. The van der Waals surface area contributed by atoms with Crippen molar-refractivity contribution in [1.29, 1.82) is 10.5 Å². The lowest BCUT2D eigenvalue weighted by Crippen LogP contribution is -2.44. The number of benzene rings is 3. The number of ketones is 1. The van der Waals surface area contributed by atoms with E-state index in [1.807, 2.05) is 41.3 Å². The van der Waals surface area contributed by atoms with E-state index in [0.717, 1.165) is 11.3 Å². The van der Waals surface area contributed by atoms with Crippen molar-refractivity contribution in [3.05, 3.63) is 106 Å². The summed E-state index contributed by atoms with van der Waals surface area (Å²) in [6.45, 7) is 0. The van der Waals surface area contributed by atoms with Crippen molar-refractivity contribution >= 4 is 29.1 Å². The van der Waals surface area contributed by atoms with Gasteiger partial charge in [0.1, 0.15) is 11.9 Å². The van der Waals surface area contributed by atoms with Crippen LogP contribution in [-0.4, -0.2) is 17.9 Å². The SMILES string of the molecule is N#CC1(C#N)[C@H](c2ccccc2Cl)[C@@H](C(=O)c2ccc(F)cc2)N2c3ccccc3C=C[C@@H]21. The van der Waals surface area contributed by atoms with Crippen LogP contribution in [0.5, 0.6) is 0 Å². The molecule has 0 aliphatic carbocycles. The second-order valence-electron chi connectivity index (χ2n) is 8.18. The normalized spacial score (nSPS) is 22.1. The number of anilines is 1. The van der Waals surface area contributed by atoms with Gasteiger partial charge in [-0.15, -0.1) is 0 Å². The molecule has 0 amide bonds. The smallest absolute Gasteiger partial charge is 0.185 e. The summed E-state index contributed by atoms with van der Waals surface area (Å²) in [4.78, 5) is 15.9. The van der Waals surface area contributed by atoms with E-state index in [1.54, 1.807) is 24.3 Å². The third kappa shape index (κ3) is 3.05. The zero-order valence-corrected chi connectivity index (χ0v) is 18.1. The second-order valence-corrected chi connectivity index (χ2v) is 8.59. The standard InChI is InChI=1S/C27H17ClFN3O/c28-21-7-3-2-6-20(21)24-25(26(33)18-9-12-19(29)13-10-18)32-22-8-4-1-5-17(22)11-14-23(32)27(24,15-30)16-31/h1-14,23-25H/t23-,24-,25+/m1/s1. The van der Waals surface area contributed by atoms with Crippen molar-refractivity contribution in [2.24, 2.45) is 5.41 Å². The van der Waals surface area contributed by atoms with Crippen LogP contribution in [0.1, 0.15) is 27.4 Å². The lowest BCUT2D eigenvalue weighted by molar-refractivity contribution is 0.0951. The quantitative estimate of drug-likeness (QED) is 0.472. The number of rotatable bonds is 3. The Hall–Kier alpha value is -3.93. The fourth-order valence-electron chi connectivity index (χ4n) is 5.09. The molecule has 0 radical (unpaired) electrons. The van der Waals surface area contributed by atoms with Crippen LogP contribution in [0.2, 0.25) is 5.02 Å². The van der Waals surface area contributed by atoms with Crippen LogP contribution in [0.25, 0.3) is 6.08 Å². The minimum absolute atomic E-state index is 0.302. The van der Waals surface area contributed by atoms with Gasteiger partial charge in [0, 0.05) is 22.2 Å². The predicted octanol–water partition coefficient (Wildman–Crippen LogP) is 5.76. The first-order chi connectivity index (χ1) is 16.0. The molecule has 33 heavy (non-hydrogen) atoms. The minimum Gasteiger partial charge on any atom is -0.351 e. The van der Waals surface area contributed by atoms with E-state index in [9.17, 15) is 19.7 Å². The number of para-hydroxylation sites is 1.